The molecule has 0 atom stereocenters. The average molecular weight is 401 g/mol. The van der Waals surface area contributed by atoms with Gasteiger partial charge in [0.2, 0.25) is 0 Å². The fraction of sp³-hybridized carbons (Fsp3) is 0.227. The standard InChI is InChI=1S/C22H23N7O/c1-14-12-19(22(30)26-25-15(2)13-28-16(3)10-11-23-28)20-17(4)27-29(21(20)24-14)18-8-6-5-7-9-18/h5-12H,13H2,1-4H3,(H,26,30). The summed E-state index contributed by atoms with van der Waals surface area (Å²) in [6.07, 6.45) is 1.74. The van der Waals surface area contributed by atoms with Gasteiger partial charge in [0.05, 0.1) is 34.6 Å². The van der Waals surface area contributed by atoms with Gasteiger partial charge in [-0.3, -0.25) is 9.48 Å². The summed E-state index contributed by atoms with van der Waals surface area (Å²) in [5.41, 5.74) is 7.96. The Balaban J connectivity index is 1.67. The zero-order chi connectivity index (χ0) is 21.3. The first kappa shape index (κ1) is 19.5. The number of rotatable bonds is 5. The van der Waals surface area contributed by atoms with Crippen LogP contribution in [0.5, 0.6) is 0 Å². The number of aryl methyl sites for hydroxylation is 3. The van der Waals surface area contributed by atoms with Crippen molar-refractivity contribution in [1.29, 1.82) is 0 Å². The number of para-hydroxylation sites is 1. The molecular weight excluding hydrogens is 378 g/mol. The molecule has 3 aromatic heterocycles. The molecule has 0 unspecified atom stereocenters. The van der Waals surface area contributed by atoms with E-state index in [2.05, 4.69) is 25.7 Å². The summed E-state index contributed by atoms with van der Waals surface area (Å²) in [6, 6.07) is 13.5. The van der Waals surface area contributed by atoms with Crippen molar-refractivity contribution < 1.29 is 4.79 Å². The molecule has 1 amide bonds. The highest BCUT2D eigenvalue weighted by Gasteiger charge is 2.19. The smallest absolute Gasteiger partial charge is 0.267 e. The van der Waals surface area contributed by atoms with Crippen molar-refractivity contribution in [3.63, 3.8) is 0 Å². The Morgan fingerprint density at radius 1 is 1.13 bits per heavy atom. The number of hydrogen-bond donors (Lipinski definition) is 1. The molecule has 152 valence electrons. The van der Waals surface area contributed by atoms with Crippen LogP contribution < -0.4 is 5.43 Å². The van der Waals surface area contributed by atoms with Crippen LogP contribution in [0.4, 0.5) is 0 Å². The molecule has 0 bridgehead atoms. The van der Waals surface area contributed by atoms with Crippen molar-refractivity contribution in [3.8, 4) is 5.69 Å². The summed E-state index contributed by atoms with van der Waals surface area (Å²) in [6.45, 7) is 8.08. The molecule has 1 N–H and O–H groups in total. The van der Waals surface area contributed by atoms with E-state index in [1.165, 1.54) is 0 Å². The highest BCUT2D eigenvalue weighted by Crippen LogP contribution is 2.24. The Morgan fingerprint density at radius 2 is 1.90 bits per heavy atom. The number of carbonyl (C=O) groups is 1. The van der Waals surface area contributed by atoms with Crippen LogP contribution in [-0.2, 0) is 6.54 Å². The Hall–Kier alpha value is -3.81. The topological polar surface area (TPSA) is 90.0 Å². The van der Waals surface area contributed by atoms with Crippen LogP contribution in [0.1, 0.15) is 34.4 Å². The first-order valence-electron chi connectivity index (χ1n) is 9.68. The quantitative estimate of drug-likeness (QED) is 0.410. The lowest BCUT2D eigenvalue weighted by atomic mass is 10.1. The number of hydrogen-bond acceptors (Lipinski definition) is 5. The predicted molar refractivity (Wildman–Crippen MR) is 116 cm³/mol. The summed E-state index contributed by atoms with van der Waals surface area (Å²) in [5.74, 6) is -0.294. The zero-order valence-electron chi connectivity index (χ0n) is 17.4. The number of benzene rings is 1. The predicted octanol–water partition coefficient (Wildman–Crippen LogP) is 3.35. The van der Waals surface area contributed by atoms with Crippen LogP contribution in [0.3, 0.4) is 0 Å². The van der Waals surface area contributed by atoms with Crippen molar-refractivity contribution in [3.05, 3.63) is 71.3 Å². The van der Waals surface area contributed by atoms with Crippen LogP contribution in [0.2, 0.25) is 0 Å². The SMILES string of the molecule is CC(Cn1nccc1C)=NNC(=O)c1cc(C)nc2c1c(C)nn2-c1ccccc1. The molecule has 4 rings (SSSR count). The zero-order valence-corrected chi connectivity index (χ0v) is 17.4. The second kappa shape index (κ2) is 7.90. The lowest BCUT2D eigenvalue weighted by Crippen LogP contribution is -2.21. The van der Waals surface area contributed by atoms with E-state index in [0.29, 0.717) is 17.8 Å². The molecule has 0 aliphatic rings. The number of carbonyl (C=O) groups excluding carboxylic acids is 1. The Kier molecular flexibility index (Phi) is 5.14. The van der Waals surface area contributed by atoms with Crippen molar-refractivity contribution >= 4 is 22.7 Å². The lowest BCUT2D eigenvalue weighted by molar-refractivity contribution is 0.0956. The molecule has 0 radical (unpaired) electrons. The van der Waals surface area contributed by atoms with Crippen LogP contribution in [0.15, 0.2) is 53.8 Å². The molecule has 0 saturated carbocycles. The van der Waals surface area contributed by atoms with Gasteiger partial charge in [-0.05, 0) is 52.0 Å². The maximum atomic E-state index is 13.0. The van der Waals surface area contributed by atoms with Crippen molar-refractivity contribution in [2.45, 2.75) is 34.2 Å². The number of fused-ring (bicyclic) bond motifs is 1. The molecule has 8 nitrogen and oxygen atoms in total. The Labute approximate surface area is 174 Å². The van der Waals surface area contributed by atoms with Gasteiger partial charge in [0.1, 0.15) is 0 Å². The summed E-state index contributed by atoms with van der Waals surface area (Å²) in [7, 11) is 0. The number of amides is 1. The third kappa shape index (κ3) is 3.71. The van der Waals surface area contributed by atoms with E-state index in [9.17, 15) is 4.79 Å². The first-order valence-corrected chi connectivity index (χ1v) is 9.68. The average Bonchev–Trinajstić information content (AvgIpc) is 3.29. The summed E-state index contributed by atoms with van der Waals surface area (Å²) in [5, 5.41) is 13.8. The molecule has 0 fully saturated rings. The molecule has 1 aromatic carbocycles. The largest absolute Gasteiger partial charge is 0.272 e. The molecule has 0 spiro atoms. The minimum Gasteiger partial charge on any atom is -0.267 e. The molecule has 4 aromatic rings. The van der Waals surface area contributed by atoms with Gasteiger partial charge in [0, 0.05) is 17.6 Å². The lowest BCUT2D eigenvalue weighted by Gasteiger charge is -2.07. The van der Waals surface area contributed by atoms with Crippen LogP contribution >= 0.6 is 0 Å². The minimum atomic E-state index is -0.294. The van der Waals surface area contributed by atoms with Gasteiger partial charge < -0.3 is 0 Å². The summed E-state index contributed by atoms with van der Waals surface area (Å²) in [4.78, 5) is 17.6. The van der Waals surface area contributed by atoms with Crippen molar-refractivity contribution in [1.82, 2.24) is 30.0 Å². The third-order valence-corrected chi connectivity index (χ3v) is 4.84. The van der Waals surface area contributed by atoms with Crippen molar-refractivity contribution in [2.75, 3.05) is 0 Å². The van der Waals surface area contributed by atoms with Crippen LogP contribution in [-0.4, -0.2) is 36.2 Å². The number of pyridine rings is 1. The van der Waals surface area contributed by atoms with E-state index >= 15 is 0 Å². The van der Waals surface area contributed by atoms with Gasteiger partial charge in [-0.15, -0.1) is 0 Å². The van der Waals surface area contributed by atoms with Gasteiger partial charge in [-0.1, -0.05) is 18.2 Å². The van der Waals surface area contributed by atoms with E-state index in [0.717, 1.165) is 33.9 Å². The van der Waals surface area contributed by atoms with E-state index < -0.39 is 0 Å². The second-order valence-corrected chi connectivity index (χ2v) is 7.26. The fourth-order valence-electron chi connectivity index (χ4n) is 3.37. The third-order valence-electron chi connectivity index (χ3n) is 4.84. The Bertz CT molecular complexity index is 1250. The van der Waals surface area contributed by atoms with E-state index in [1.807, 2.05) is 68.8 Å². The number of nitrogens with one attached hydrogen (secondary N) is 1. The van der Waals surface area contributed by atoms with Gasteiger partial charge >= 0.3 is 0 Å². The normalized spacial score (nSPS) is 11.8. The van der Waals surface area contributed by atoms with E-state index in [1.54, 1.807) is 16.9 Å². The summed E-state index contributed by atoms with van der Waals surface area (Å²) >= 11 is 0. The van der Waals surface area contributed by atoms with Gasteiger partial charge in [0.25, 0.3) is 5.91 Å². The minimum absolute atomic E-state index is 0.294. The monoisotopic (exact) mass is 401 g/mol. The number of hydrazone groups is 1. The molecule has 0 saturated heterocycles. The molecule has 0 aliphatic carbocycles. The molecular formula is C22H23N7O. The van der Waals surface area contributed by atoms with Crippen LogP contribution in [0, 0.1) is 20.8 Å². The first-order chi connectivity index (χ1) is 14.4. The highest BCUT2D eigenvalue weighted by molar-refractivity contribution is 6.07. The van der Waals surface area contributed by atoms with Gasteiger partial charge in [0.15, 0.2) is 5.65 Å². The molecule has 30 heavy (non-hydrogen) atoms. The van der Waals surface area contributed by atoms with Crippen LogP contribution in [0.25, 0.3) is 16.7 Å². The van der Waals surface area contributed by atoms with E-state index in [4.69, 9.17) is 0 Å². The maximum Gasteiger partial charge on any atom is 0.272 e. The van der Waals surface area contributed by atoms with E-state index in [-0.39, 0.29) is 5.91 Å². The second-order valence-electron chi connectivity index (χ2n) is 7.26. The number of aromatic nitrogens is 5. The number of nitrogens with zero attached hydrogens (tertiary/aromatic N) is 6. The summed E-state index contributed by atoms with van der Waals surface area (Å²) < 4.78 is 3.59. The Morgan fingerprint density at radius 3 is 2.60 bits per heavy atom. The molecule has 3 heterocycles. The highest BCUT2D eigenvalue weighted by atomic mass is 16.2. The fourth-order valence-corrected chi connectivity index (χ4v) is 3.37. The van der Waals surface area contributed by atoms with Gasteiger partial charge in [-0.2, -0.15) is 15.3 Å². The van der Waals surface area contributed by atoms with Crippen molar-refractivity contribution in [2.24, 2.45) is 5.10 Å². The maximum absolute atomic E-state index is 13.0. The molecule has 8 heteroatoms. The van der Waals surface area contributed by atoms with Gasteiger partial charge in [-0.25, -0.2) is 15.1 Å². The molecule has 0 aliphatic heterocycles.